The summed E-state index contributed by atoms with van der Waals surface area (Å²) >= 11 is 0. The number of nitrogens with one attached hydrogen (secondary N) is 3. The van der Waals surface area contributed by atoms with Crippen LogP contribution in [0.2, 0.25) is 0 Å². The number of amides is 2. The van der Waals surface area contributed by atoms with Crippen LogP contribution < -0.4 is 16.2 Å². The summed E-state index contributed by atoms with van der Waals surface area (Å²) in [5.41, 5.74) is 6.22. The molecule has 1 aliphatic carbocycles. The molecule has 0 aromatic heterocycles. The number of rotatable bonds is 9. The molecule has 2 rings (SSSR count). The van der Waals surface area contributed by atoms with Gasteiger partial charge in [0.15, 0.2) is 0 Å². The minimum atomic E-state index is -0.780. The molecule has 27 heavy (non-hydrogen) atoms. The van der Waals surface area contributed by atoms with E-state index in [1.807, 2.05) is 44.2 Å². The molecular weight excluding hydrogens is 342 g/mol. The van der Waals surface area contributed by atoms with Crippen molar-refractivity contribution in [1.29, 1.82) is 0 Å². The molecule has 0 saturated heterocycles. The van der Waals surface area contributed by atoms with Crippen LogP contribution in [0.3, 0.4) is 0 Å². The van der Waals surface area contributed by atoms with Crippen molar-refractivity contribution in [2.45, 2.75) is 65.0 Å². The highest BCUT2D eigenvalue weighted by atomic mass is 16.2. The minimum Gasteiger partial charge on any atom is -0.345 e. The molecule has 3 N–H and O–H groups in total. The van der Waals surface area contributed by atoms with Crippen molar-refractivity contribution in [2.24, 2.45) is 11.8 Å². The van der Waals surface area contributed by atoms with Crippen LogP contribution in [0.5, 0.6) is 0 Å². The molecule has 0 heterocycles. The lowest BCUT2D eigenvalue weighted by Gasteiger charge is -2.25. The van der Waals surface area contributed by atoms with Crippen molar-refractivity contribution in [3.63, 3.8) is 0 Å². The van der Waals surface area contributed by atoms with Gasteiger partial charge in [0.2, 0.25) is 11.7 Å². The van der Waals surface area contributed by atoms with E-state index in [2.05, 4.69) is 16.2 Å². The number of hydrogen-bond donors (Lipinski definition) is 3. The van der Waals surface area contributed by atoms with Crippen molar-refractivity contribution in [3.05, 3.63) is 35.9 Å². The van der Waals surface area contributed by atoms with Crippen molar-refractivity contribution in [1.82, 2.24) is 16.2 Å². The van der Waals surface area contributed by atoms with Gasteiger partial charge in [-0.15, -0.1) is 0 Å². The van der Waals surface area contributed by atoms with E-state index in [4.69, 9.17) is 0 Å². The maximum atomic E-state index is 12.6. The van der Waals surface area contributed by atoms with Crippen molar-refractivity contribution >= 4 is 17.6 Å². The Morgan fingerprint density at radius 3 is 2.33 bits per heavy atom. The van der Waals surface area contributed by atoms with E-state index in [0.29, 0.717) is 13.0 Å². The van der Waals surface area contributed by atoms with Crippen LogP contribution >= 0.6 is 0 Å². The average Bonchev–Trinajstić information content (AvgIpc) is 2.68. The minimum absolute atomic E-state index is 0.0412. The highest BCUT2D eigenvalue weighted by Crippen LogP contribution is 2.24. The number of hydrazine groups is 1. The Labute approximate surface area is 161 Å². The van der Waals surface area contributed by atoms with Crippen molar-refractivity contribution in [2.75, 3.05) is 0 Å². The van der Waals surface area contributed by atoms with Gasteiger partial charge in [-0.2, -0.15) is 0 Å². The molecule has 0 spiro atoms. The lowest BCUT2D eigenvalue weighted by atomic mass is 9.88. The molecule has 0 aliphatic heterocycles. The molecular formula is C21H31N3O3. The fourth-order valence-electron chi connectivity index (χ4n) is 3.40. The highest BCUT2D eigenvalue weighted by molar-refractivity contribution is 6.38. The Hall–Kier alpha value is -2.21. The smallest absolute Gasteiger partial charge is 0.303 e. The van der Waals surface area contributed by atoms with Crippen LogP contribution in [-0.4, -0.2) is 23.6 Å². The van der Waals surface area contributed by atoms with Crippen molar-refractivity contribution in [3.8, 4) is 0 Å². The third-order valence-corrected chi connectivity index (χ3v) is 4.88. The zero-order valence-electron chi connectivity index (χ0n) is 16.3. The van der Waals surface area contributed by atoms with Crippen LogP contribution in [-0.2, 0) is 20.9 Å². The second-order valence-corrected chi connectivity index (χ2v) is 7.68. The van der Waals surface area contributed by atoms with E-state index in [1.54, 1.807) is 0 Å². The molecule has 1 saturated carbocycles. The molecule has 1 fully saturated rings. The van der Waals surface area contributed by atoms with E-state index >= 15 is 0 Å². The normalized spacial score (nSPS) is 16.0. The van der Waals surface area contributed by atoms with Crippen molar-refractivity contribution < 1.29 is 14.4 Å². The second-order valence-electron chi connectivity index (χ2n) is 7.68. The summed E-state index contributed by atoms with van der Waals surface area (Å²) in [6, 6.07) is 8.79. The van der Waals surface area contributed by atoms with Crippen LogP contribution in [0.4, 0.5) is 0 Å². The lowest BCUT2D eigenvalue weighted by Crippen LogP contribution is -2.52. The van der Waals surface area contributed by atoms with Crippen LogP contribution in [0.25, 0.3) is 0 Å². The Balaban J connectivity index is 1.88. The Morgan fingerprint density at radius 1 is 1.04 bits per heavy atom. The average molecular weight is 373 g/mol. The van der Waals surface area contributed by atoms with E-state index in [0.717, 1.165) is 37.7 Å². The van der Waals surface area contributed by atoms with E-state index in [1.165, 1.54) is 0 Å². The molecule has 1 aromatic carbocycles. The summed E-state index contributed by atoms with van der Waals surface area (Å²) in [6.45, 7) is 4.36. The van der Waals surface area contributed by atoms with Gasteiger partial charge in [0, 0.05) is 12.5 Å². The molecule has 1 aliphatic rings. The van der Waals surface area contributed by atoms with Gasteiger partial charge in [-0.05, 0) is 30.7 Å². The number of carbonyl (C=O) groups excluding carboxylic acids is 3. The summed E-state index contributed by atoms with van der Waals surface area (Å²) in [4.78, 5) is 37.3. The first-order chi connectivity index (χ1) is 13.0. The Bertz CT molecular complexity index is 625. The standard InChI is InChI=1S/C21H31N3O3/c1-15(2)13-18(23-20(26)17-11-7-4-8-12-17)19(25)21(27)24-22-14-16-9-5-3-6-10-16/h3,5-6,9-10,15,17-18,22H,4,7-8,11-14H2,1-2H3,(H,23,26)(H,24,27)/t18-/m0/s1. The first-order valence-electron chi connectivity index (χ1n) is 9.88. The van der Waals surface area contributed by atoms with Crippen LogP contribution in [0.1, 0.15) is 57.9 Å². The first-order valence-corrected chi connectivity index (χ1v) is 9.88. The monoisotopic (exact) mass is 373 g/mol. The molecule has 148 valence electrons. The van der Waals surface area contributed by atoms with E-state index in [-0.39, 0.29) is 17.7 Å². The molecule has 0 radical (unpaired) electrons. The summed E-state index contributed by atoms with van der Waals surface area (Å²) in [7, 11) is 0. The summed E-state index contributed by atoms with van der Waals surface area (Å²) in [6.07, 6.45) is 5.42. The molecule has 0 unspecified atom stereocenters. The predicted octanol–water partition coefficient (Wildman–Crippen LogP) is 2.49. The van der Waals surface area contributed by atoms with E-state index < -0.39 is 17.7 Å². The highest BCUT2D eigenvalue weighted by Gasteiger charge is 2.30. The van der Waals surface area contributed by atoms with Gasteiger partial charge in [0.1, 0.15) is 0 Å². The summed E-state index contributed by atoms with van der Waals surface area (Å²) in [5, 5.41) is 2.83. The number of ketones is 1. The van der Waals surface area contributed by atoms with Gasteiger partial charge in [0.05, 0.1) is 6.04 Å². The van der Waals surface area contributed by atoms with Crippen LogP contribution in [0.15, 0.2) is 30.3 Å². The zero-order chi connectivity index (χ0) is 19.6. The van der Waals surface area contributed by atoms with Gasteiger partial charge >= 0.3 is 5.91 Å². The van der Waals surface area contributed by atoms with Crippen LogP contribution in [0, 0.1) is 11.8 Å². The van der Waals surface area contributed by atoms with Gasteiger partial charge in [-0.1, -0.05) is 63.4 Å². The lowest BCUT2D eigenvalue weighted by molar-refractivity contribution is -0.141. The predicted molar refractivity (Wildman–Crippen MR) is 104 cm³/mol. The Morgan fingerprint density at radius 2 is 1.70 bits per heavy atom. The molecule has 2 amide bonds. The van der Waals surface area contributed by atoms with Gasteiger partial charge in [-0.25, -0.2) is 5.43 Å². The molecule has 6 heteroatoms. The summed E-state index contributed by atoms with van der Waals surface area (Å²) in [5.74, 6) is -1.27. The number of benzene rings is 1. The number of carbonyl (C=O) groups is 3. The number of hydrogen-bond acceptors (Lipinski definition) is 4. The second kappa shape index (κ2) is 10.8. The SMILES string of the molecule is CC(C)C[C@H](NC(=O)C1CCCCC1)C(=O)C(=O)NNCc1ccccc1. The molecule has 0 bridgehead atoms. The fraction of sp³-hybridized carbons (Fsp3) is 0.571. The first kappa shape index (κ1) is 21.1. The largest absolute Gasteiger partial charge is 0.345 e. The van der Waals surface area contributed by atoms with E-state index in [9.17, 15) is 14.4 Å². The summed E-state index contributed by atoms with van der Waals surface area (Å²) < 4.78 is 0. The maximum absolute atomic E-state index is 12.6. The van der Waals surface area contributed by atoms with Gasteiger partial charge in [0.25, 0.3) is 0 Å². The molecule has 1 aromatic rings. The maximum Gasteiger partial charge on any atom is 0.303 e. The number of Topliss-reactive ketones (excluding diaryl/α,β-unsaturated/α-hetero) is 1. The quantitative estimate of drug-likeness (QED) is 0.458. The Kier molecular flexibility index (Phi) is 8.45. The van der Waals surface area contributed by atoms with Gasteiger partial charge in [-0.3, -0.25) is 19.8 Å². The zero-order valence-corrected chi connectivity index (χ0v) is 16.3. The fourth-order valence-corrected chi connectivity index (χ4v) is 3.40. The van der Waals surface area contributed by atoms with Gasteiger partial charge < -0.3 is 5.32 Å². The topological polar surface area (TPSA) is 87.3 Å². The third kappa shape index (κ3) is 7.13. The molecule has 1 atom stereocenters. The molecule has 6 nitrogen and oxygen atoms in total. The third-order valence-electron chi connectivity index (χ3n) is 4.88.